The molecule has 3 aliphatic heterocycles. The monoisotopic (exact) mass is 1190 g/mol. The van der Waals surface area contributed by atoms with Gasteiger partial charge >= 0.3 is 11.9 Å². The van der Waals surface area contributed by atoms with Crippen LogP contribution < -0.4 is 0 Å². The second kappa shape index (κ2) is 25.7. The van der Waals surface area contributed by atoms with Crippen molar-refractivity contribution >= 4 is 11.9 Å². The third-order valence-electron chi connectivity index (χ3n) is 21.9. The average Bonchev–Trinajstić information content (AvgIpc) is 1.74. The Morgan fingerprint density at radius 2 is 1.19 bits per heavy atom. The minimum Gasteiger partial charge on any atom is -0.481 e. The molecule has 15 N–H and O–H groups in total. The predicted molar refractivity (Wildman–Crippen MR) is 286 cm³/mol. The van der Waals surface area contributed by atoms with Crippen molar-refractivity contribution in [3.8, 4) is 0 Å². The topological polar surface area (TPSA) is 411 Å². The van der Waals surface area contributed by atoms with Crippen LogP contribution in [0.2, 0.25) is 0 Å². The maximum absolute atomic E-state index is 12.9. The van der Waals surface area contributed by atoms with E-state index in [-0.39, 0.29) is 47.5 Å². The number of aliphatic hydroxyl groups is 14. The molecule has 478 valence electrons. The SMILES string of the molecule is CC(C)=CCC[C@](C)(O[C@@H]1C[C@H](CO[C@@H]2O[C@H](CO)[C@@H](O)[C@H](O)[C@H]2O)[C@@H](O)[C@H](O)[C@H]1O)[C@H]1CC[C@]2(C)[C@@H]1[C@H](O)C[C@@H]1[C@@]3(C)CC[C@H](O[C@@H]4O[C@H](CO)[C@@H](O)[C@H](O)[C@H]4O[C@@H]4O[C@H](COC(=O)CC(=O)O)[C@@H](O)[C@H](O)[C@H]4O)C(C)(C)[C@@H]3CC[C@]12C. The lowest BCUT2D eigenvalue weighted by Crippen LogP contribution is -2.68. The fourth-order valence-corrected chi connectivity index (χ4v) is 17.1. The molecule has 0 aromatic heterocycles. The first kappa shape index (κ1) is 66.8. The van der Waals surface area contributed by atoms with Crippen LogP contribution >= 0.6 is 0 Å². The highest BCUT2D eigenvalue weighted by atomic mass is 16.8. The number of carbonyl (C=O) groups excluding carboxylic acids is 1. The zero-order valence-electron chi connectivity index (χ0n) is 49.0. The fourth-order valence-electron chi connectivity index (χ4n) is 17.1. The molecule has 8 rings (SSSR count). The summed E-state index contributed by atoms with van der Waals surface area (Å²) in [5, 5.41) is 163. The molecule has 0 unspecified atom stereocenters. The molecule has 25 heteroatoms. The number of allylic oxidation sites excluding steroid dienone is 2. The maximum atomic E-state index is 12.9. The molecule has 0 bridgehead atoms. The Morgan fingerprint density at radius 1 is 0.614 bits per heavy atom. The molecule has 0 aromatic carbocycles. The van der Waals surface area contributed by atoms with E-state index in [0.717, 1.165) is 24.8 Å². The van der Waals surface area contributed by atoms with Crippen LogP contribution in [0.3, 0.4) is 0 Å². The van der Waals surface area contributed by atoms with Gasteiger partial charge in [0.1, 0.15) is 98.5 Å². The molecular weight excluding hydrogens is 1100 g/mol. The molecule has 0 spiro atoms. The zero-order chi connectivity index (χ0) is 61.2. The second-order valence-electron chi connectivity index (χ2n) is 27.3. The number of aliphatic carboxylic acids is 1. The smallest absolute Gasteiger partial charge is 0.317 e. The van der Waals surface area contributed by atoms with E-state index < -0.39 is 189 Å². The Labute approximate surface area is 484 Å². The van der Waals surface area contributed by atoms with Crippen molar-refractivity contribution < 1.29 is 124 Å². The van der Waals surface area contributed by atoms with E-state index >= 15 is 0 Å². The van der Waals surface area contributed by atoms with Crippen molar-refractivity contribution in [1.29, 1.82) is 0 Å². The van der Waals surface area contributed by atoms with Gasteiger partial charge in [-0.15, -0.1) is 0 Å². The lowest BCUT2D eigenvalue weighted by molar-refractivity contribution is -0.378. The zero-order valence-corrected chi connectivity index (χ0v) is 49.0. The van der Waals surface area contributed by atoms with Crippen molar-refractivity contribution in [1.82, 2.24) is 0 Å². The van der Waals surface area contributed by atoms with Gasteiger partial charge in [-0.3, -0.25) is 9.59 Å². The lowest BCUT2D eigenvalue weighted by atomic mass is 9.35. The van der Waals surface area contributed by atoms with Crippen LogP contribution in [-0.4, -0.2) is 249 Å². The largest absolute Gasteiger partial charge is 0.481 e. The van der Waals surface area contributed by atoms with Gasteiger partial charge in [0.15, 0.2) is 18.9 Å². The molecule has 3 saturated heterocycles. The van der Waals surface area contributed by atoms with Gasteiger partial charge in [-0.25, -0.2) is 0 Å². The summed E-state index contributed by atoms with van der Waals surface area (Å²) in [6.45, 7) is 14.8. The van der Waals surface area contributed by atoms with Crippen LogP contribution in [0.15, 0.2) is 11.6 Å². The van der Waals surface area contributed by atoms with E-state index in [1.165, 1.54) is 0 Å². The Kier molecular flexibility index (Phi) is 20.7. The Hall–Kier alpha value is -2.16. The number of aliphatic hydroxyl groups excluding tert-OH is 14. The minimum absolute atomic E-state index is 0.00177. The first-order chi connectivity index (χ1) is 38.8. The van der Waals surface area contributed by atoms with Crippen LogP contribution in [0.5, 0.6) is 0 Å². The highest BCUT2D eigenvalue weighted by Gasteiger charge is 2.72. The first-order valence-electron chi connectivity index (χ1n) is 29.8. The summed E-state index contributed by atoms with van der Waals surface area (Å²) in [6, 6.07) is 0. The second-order valence-corrected chi connectivity index (χ2v) is 27.3. The van der Waals surface area contributed by atoms with Crippen LogP contribution in [-0.2, 0) is 47.5 Å². The molecule has 0 amide bonds. The Morgan fingerprint density at radius 3 is 1.82 bits per heavy atom. The molecule has 0 radical (unpaired) electrons. The Balaban J connectivity index is 0.997. The van der Waals surface area contributed by atoms with E-state index in [4.69, 9.17) is 43.0 Å². The molecule has 3 heterocycles. The molecule has 30 atom stereocenters. The van der Waals surface area contributed by atoms with Crippen molar-refractivity contribution in [2.24, 2.45) is 51.2 Å². The number of fused-ring (bicyclic) bond motifs is 5. The molecule has 8 aliphatic rings. The molecule has 83 heavy (non-hydrogen) atoms. The van der Waals surface area contributed by atoms with E-state index in [1.54, 1.807) is 0 Å². The minimum atomic E-state index is -1.95. The quantitative estimate of drug-likeness (QED) is 0.0302. The highest BCUT2D eigenvalue weighted by molar-refractivity contribution is 5.90. The summed E-state index contributed by atoms with van der Waals surface area (Å²) in [7, 11) is 0. The van der Waals surface area contributed by atoms with Crippen LogP contribution in [0.4, 0.5) is 0 Å². The molecular formula is C58H96O25. The van der Waals surface area contributed by atoms with Crippen LogP contribution in [0.1, 0.15) is 126 Å². The lowest BCUT2D eigenvalue weighted by Gasteiger charge is -2.71. The molecule has 5 saturated carbocycles. The number of carbonyl (C=O) groups is 2. The summed E-state index contributed by atoms with van der Waals surface area (Å²) >= 11 is 0. The number of rotatable bonds is 19. The normalized spacial score (nSPS) is 49.6. The molecule has 25 nitrogen and oxygen atoms in total. The van der Waals surface area contributed by atoms with E-state index in [9.17, 15) is 81.1 Å². The maximum Gasteiger partial charge on any atom is 0.317 e. The summed E-state index contributed by atoms with van der Waals surface area (Å²) in [5.41, 5.74) is -1.57. The van der Waals surface area contributed by atoms with Gasteiger partial charge in [-0.05, 0) is 130 Å². The number of carboxylic acids is 1. The van der Waals surface area contributed by atoms with Crippen LogP contribution in [0, 0.1) is 51.2 Å². The fraction of sp³-hybridized carbons (Fsp3) is 0.931. The number of hydrogen-bond acceptors (Lipinski definition) is 24. The number of ether oxygens (including phenoxy) is 8. The summed E-state index contributed by atoms with van der Waals surface area (Å²) in [6.07, 6.45) is -24.9. The van der Waals surface area contributed by atoms with Gasteiger partial charge in [-0.2, -0.15) is 0 Å². The van der Waals surface area contributed by atoms with Crippen molar-refractivity contribution in [3.63, 3.8) is 0 Å². The Bertz CT molecular complexity index is 2240. The number of carboxylic acid groups (broad SMARTS) is 1. The molecule has 5 aliphatic carbocycles. The molecule has 8 fully saturated rings. The van der Waals surface area contributed by atoms with Gasteiger partial charge in [0, 0.05) is 5.92 Å². The predicted octanol–water partition coefficient (Wildman–Crippen LogP) is -1.51. The van der Waals surface area contributed by atoms with Gasteiger partial charge < -0.3 is 114 Å². The average molecular weight is 1190 g/mol. The first-order valence-corrected chi connectivity index (χ1v) is 29.8. The van der Waals surface area contributed by atoms with E-state index in [0.29, 0.717) is 38.5 Å². The molecule has 0 aromatic rings. The summed E-state index contributed by atoms with van der Waals surface area (Å²) in [4.78, 5) is 23.1. The highest BCUT2D eigenvalue weighted by Crippen LogP contribution is 2.76. The number of hydrogen-bond donors (Lipinski definition) is 15. The third kappa shape index (κ3) is 12.5. The summed E-state index contributed by atoms with van der Waals surface area (Å²) in [5.74, 6) is -3.94. The van der Waals surface area contributed by atoms with Gasteiger partial charge in [0.2, 0.25) is 0 Å². The third-order valence-corrected chi connectivity index (χ3v) is 21.9. The van der Waals surface area contributed by atoms with Crippen LogP contribution in [0.25, 0.3) is 0 Å². The van der Waals surface area contributed by atoms with Gasteiger partial charge in [-0.1, -0.05) is 46.3 Å². The van der Waals surface area contributed by atoms with Crippen molar-refractivity contribution in [2.75, 3.05) is 26.4 Å². The standard InChI is InChI=1S/C58H96O25/c1-25(2)10-9-14-58(8,83-29-18-26(39(65)44(70)40(29)66)23-77-51-48(74)45(71)41(67)30(21-59)78-51)27-11-16-57(7)38(27)28(61)19-34-55(5)15-13-35(54(3,4)33(55)12-17-56(34,57)6)81-53-50(47(73)42(68)31(22-60)79-53)82-52-49(75)46(72)43(69)32(80-52)24-76-37(64)20-36(62)63/h10,26-35,38-53,59-61,65-75H,9,11-24H2,1-8H3,(H,62,63)/t26-,27+,28-,29-,30-,31-,32-,33+,34-,35+,38+,39-,40+,41-,42-,43-,44+,45+,46+,47+,48-,49-,50-,51-,52+,53+,55+,56-,57-,58+/m1/s1. The summed E-state index contributed by atoms with van der Waals surface area (Å²) < 4.78 is 48.3. The van der Waals surface area contributed by atoms with Crippen molar-refractivity contribution in [3.05, 3.63) is 11.6 Å². The van der Waals surface area contributed by atoms with Crippen molar-refractivity contribution in [2.45, 2.75) is 260 Å². The van der Waals surface area contributed by atoms with E-state index in [2.05, 4.69) is 40.7 Å². The van der Waals surface area contributed by atoms with E-state index in [1.807, 2.05) is 20.8 Å². The van der Waals surface area contributed by atoms with Gasteiger partial charge in [0.25, 0.3) is 0 Å². The number of esters is 1. The van der Waals surface area contributed by atoms with Gasteiger partial charge in [0.05, 0.1) is 49.8 Å².